The molecule has 1 unspecified atom stereocenters. The van der Waals surface area contributed by atoms with E-state index in [1.54, 1.807) is 0 Å². The summed E-state index contributed by atoms with van der Waals surface area (Å²) in [7, 11) is 0. The van der Waals surface area contributed by atoms with Crippen LogP contribution in [0.15, 0.2) is 0 Å². The van der Waals surface area contributed by atoms with Crippen molar-refractivity contribution in [1.29, 1.82) is 0 Å². The molecule has 0 aromatic carbocycles. The lowest BCUT2D eigenvalue weighted by atomic mass is 9.90. The largest absolute Gasteiger partial charge is 0.480 e. The van der Waals surface area contributed by atoms with Crippen molar-refractivity contribution in [3.8, 4) is 0 Å². The Bertz CT molecular complexity index is 271. The second-order valence-electron chi connectivity index (χ2n) is 5.85. The average molecular weight is 303 g/mol. The van der Waals surface area contributed by atoms with Crippen molar-refractivity contribution in [3.05, 3.63) is 0 Å². The topological polar surface area (TPSA) is 67.8 Å². The molecule has 0 saturated heterocycles. The van der Waals surface area contributed by atoms with E-state index >= 15 is 0 Å². The number of hydrogen-bond acceptors (Lipinski definition) is 4. The maximum absolute atomic E-state index is 11.5. The predicted octanol–water partition coefficient (Wildman–Crippen LogP) is 2.69. The van der Waals surface area contributed by atoms with E-state index in [-0.39, 0.29) is 0 Å². The monoisotopic (exact) mass is 303 g/mol. The molecule has 0 heterocycles. The maximum Gasteiger partial charge on any atom is 0.323 e. The minimum atomic E-state index is -0.812. The summed E-state index contributed by atoms with van der Waals surface area (Å²) >= 11 is 0. The zero-order valence-electron chi connectivity index (χ0n) is 14.1. The highest BCUT2D eigenvalue weighted by Gasteiger charge is 2.35. The lowest BCUT2D eigenvalue weighted by molar-refractivity contribution is -0.145. The standard InChI is InChI=1S/C16H33NO4/c1-5-9-17-16(6-2,15(18)19)8-7-10-20-11-12-21-13-14(3)4/h14,17H,5-13H2,1-4H3,(H,18,19). The molecule has 126 valence electrons. The SMILES string of the molecule is CCCNC(CC)(CCCOCCOCC(C)C)C(=O)O. The van der Waals surface area contributed by atoms with Gasteiger partial charge in [0, 0.05) is 13.2 Å². The van der Waals surface area contributed by atoms with Crippen LogP contribution in [0.4, 0.5) is 0 Å². The Labute approximate surface area is 129 Å². The van der Waals surface area contributed by atoms with Crippen LogP contribution >= 0.6 is 0 Å². The highest BCUT2D eigenvalue weighted by molar-refractivity contribution is 5.78. The van der Waals surface area contributed by atoms with Crippen molar-refractivity contribution >= 4 is 5.97 Å². The highest BCUT2D eigenvalue weighted by atomic mass is 16.5. The molecule has 0 aromatic rings. The number of carboxylic acids is 1. The molecule has 0 bridgehead atoms. The van der Waals surface area contributed by atoms with Gasteiger partial charge in [0.15, 0.2) is 0 Å². The predicted molar refractivity (Wildman–Crippen MR) is 84.7 cm³/mol. The summed E-state index contributed by atoms with van der Waals surface area (Å²) in [6.45, 7) is 11.4. The first-order chi connectivity index (χ1) is 9.98. The summed E-state index contributed by atoms with van der Waals surface area (Å²) in [5.74, 6) is -0.228. The van der Waals surface area contributed by atoms with Gasteiger partial charge in [0.05, 0.1) is 13.2 Å². The summed E-state index contributed by atoms with van der Waals surface area (Å²) in [5.41, 5.74) is -0.812. The Hall–Kier alpha value is -0.650. The molecule has 0 rings (SSSR count). The molecule has 0 fully saturated rings. The summed E-state index contributed by atoms with van der Waals surface area (Å²) < 4.78 is 10.9. The molecule has 5 heteroatoms. The molecular weight excluding hydrogens is 270 g/mol. The van der Waals surface area contributed by atoms with E-state index in [0.29, 0.717) is 38.6 Å². The molecule has 0 radical (unpaired) electrons. The number of ether oxygens (including phenoxy) is 2. The van der Waals surface area contributed by atoms with Crippen LogP contribution in [0.1, 0.15) is 53.4 Å². The first-order valence-electron chi connectivity index (χ1n) is 8.12. The molecule has 0 aliphatic rings. The Morgan fingerprint density at radius 2 is 1.86 bits per heavy atom. The van der Waals surface area contributed by atoms with E-state index in [9.17, 15) is 9.90 Å². The first kappa shape index (κ1) is 20.3. The number of aliphatic carboxylic acids is 1. The normalized spacial score (nSPS) is 14.3. The number of carboxylic acid groups (broad SMARTS) is 1. The van der Waals surface area contributed by atoms with Gasteiger partial charge in [-0.25, -0.2) is 0 Å². The van der Waals surface area contributed by atoms with Crippen LogP contribution in [0.3, 0.4) is 0 Å². The minimum absolute atomic E-state index is 0.537. The summed E-state index contributed by atoms with van der Waals surface area (Å²) in [4.78, 5) is 11.5. The Kier molecular flexibility index (Phi) is 11.6. The van der Waals surface area contributed by atoms with Crippen LogP contribution in [0, 0.1) is 5.92 Å². The maximum atomic E-state index is 11.5. The van der Waals surface area contributed by atoms with E-state index in [2.05, 4.69) is 19.2 Å². The Morgan fingerprint density at radius 1 is 1.19 bits per heavy atom. The Morgan fingerprint density at radius 3 is 2.38 bits per heavy atom. The molecule has 21 heavy (non-hydrogen) atoms. The van der Waals surface area contributed by atoms with Crippen LogP contribution in [0.5, 0.6) is 0 Å². The quantitative estimate of drug-likeness (QED) is 0.483. The van der Waals surface area contributed by atoms with E-state index in [4.69, 9.17) is 9.47 Å². The van der Waals surface area contributed by atoms with Gasteiger partial charge < -0.3 is 19.9 Å². The summed E-state index contributed by atoms with van der Waals surface area (Å²) in [6, 6.07) is 0. The second kappa shape index (κ2) is 12.0. The third-order valence-corrected chi connectivity index (χ3v) is 3.44. The fourth-order valence-electron chi connectivity index (χ4n) is 2.10. The fraction of sp³-hybridized carbons (Fsp3) is 0.938. The van der Waals surface area contributed by atoms with Gasteiger partial charge in [0.25, 0.3) is 0 Å². The van der Waals surface area contributed by atoms with Crippen LogP contribution < -0.4 is 5.32 Å². The number of hydrogen-bond donors (Lipinski definition) is 2. The van der Waals surface area contributed by atoms with Crippen molar-refractivity contribution < 1.29 is 19.4 Å². The Balaban J connectivity index is 3.85. The fourth-order valence-corrected chi connectivity index (χ4v) is 2.10. The zero-order chi connectivity index (χ0) is 16.1. The number of rotatable bonds is 14. The van der Waals surface area contributed by atoms with Gasteiger partial charge in [-0.05, 0) is 38.1 Å². The summed E-state index contributed by atoms with van der Waals surface area (Å²) in [5, 5.41) is 12.6. The van der Waals surface area contributed by atoms with Crippen molar-refractivity contribution in [2.75, 3.05) is 33.0 Å². The molecule has 2 N–H and O–H groups in total. The number of nitrogens with one attached hydrogen (secondary N) is 1. The van der Waals surface area contributed by atoms with Crippen molar-refractivity contribution in [1.82, 2.24) is 5.32 Å². The zero-order valence-corrected chi connectivity index (χ0v) is 14.1. The molecule has 0 aliphatic heterocycles. The molecular formula is C16H33NO4. The summed E-state index contributed by atoms with van der Waals surface area (Å²) in [6.07, 6.45) is 2.84. The molecule has 0 aromatic heterocycles. The van der Waals surface area contributed by atoms with E-state index in [1.165, 1.54) is 0 Å². The van der Waals surface area contributed by atoms with Gasteiger partial charge in [-0.15, -0.1) is 0 Å². The average Bonchev–Trinajstić information content (AvgIpc) is 2.44. The third kappa shape index (κ3) is 9.06. The van der Waals surface area contributed by atoms with Gasteiger partial charge in [0.2, 0.25) is 0 Å². The number of carbonyl (C=O) groups is 1. The van der Waals surface area contributed by atoms with Crippen molar-refractivity contribution in [2.24, 2.45) is 5.92 Å². The molecule has 5 nitrogen and oxygen atoms in total. The van der Waals surface area contributed by atoms with Crippen LogP contribution in [0.2, 0.25) is 0 Å². The smallest absolute Gasteiger partial charge is 0.323 e. The first-order valence-corrected chi connectivity index (χ1v) is 8.12. The molecule has 1 atom stereocenters. The van der Waals surface area contributed by atoms with Gasteiger partial charge in [-0.2, -0.15) is 0 Å². The van der Waals surface area contributed by atoms with Gasteiger partial charge in [-0.3, -0.25) is 4.79 Å². The van der Waals surface area contributed by atoms with Crippen molar-refractivity contribution in [3.63, 3.8) is 0 Å². The van der Waals surface area contributed by atoms with Crippen molar-refractivity contribution in [2.45, 2.75) is 58.9 Å². The van der Waals surface area contributed by atoms with Gasteiger partial charge in [-0.1, -0.05) is 27.7 Å². The minimum Gasteiger partial charge on any atom is -0.480 e. The highest BCUT2D eigenvalue weighted by Crippen LogP contribution is 2.18. The molecule has 0 aliphatic carbocycles. The van der Waals surface area contributed by atoms with E-state index in [1.807, 2.05) is 13.8 Å². The van der Waals surface area contributed by atoms with Crippen LogP contribution in [0.25, 0.3) is 0 Å². The lowest BCUT2D eigenvalue weighted by Gasteiger charge is -2.29. The molecule has 0 saturated carbocycles. The van der Waals surface area contributed by atoms with Crippen LogP contribution in [-0.4, -0.2) is 49.6 Å². The lowest BCUT2D eigenvalue weighted by Crippen LogP contribution is -2.52. The van der Waals surface area contributed by atoms with Gasteiger partial charge in [0.1, 0.15) is 5.54 Å². The molecule has 0 amide bonds. The molecule has 0 spiro atoms. The van der Waals surface area contributed by atoms with E-state index in [0.717, 1.165) is 26.0 Å². The van der Waals surface area contributed by atoms with Crippen LogP contribution in [-0.2, 0) is 14.3 Å². The third-order valence-electron chi connectivity index (χ3n) is 3.44. The van der Waals surface area contributed by atoms with E-state index < -0.39 is 11.5 Å². The second-order valence-corrected chi connectivity index (χ2v) is 5.85. The van der Waals surface area contributed by atoms with Gasteiger partial charge >= 0.3 is 5.97 Å².